The summed E-state index contributed by atoms with van der Waals surface area (Å²) in [5.41, 5.74) is -0.0541. The number of hydrogen-bond acceptors (Lipinski definition) is 3. The number of hydrogen-bond donors (Lipinski definition) is 1. The van der Waals surface area contributed by atoms with Crippen molar-refractivity contribution < 1.29 is 14.6 Å². The van der Waals surface area contributed by atoms with E-state index in [1.54, 1.807) is 7.11 Å². The lowest BCUT2D eigenvalue weighted by atomic mass is 9.76. The van der Waals surface area contributed by atoms with Gasteiger partial charge in [-0.25, -0.2) is 0 Å². The van der Waals surface area contributed by atoms with E-state index in [2.05, 4.69) is 6.92 Å². The zero-order valence-corrected chi connectivity index (χ0v) is 12.3. The molecule has 4 heteroatoms. The molecule has 0 spiro atoms. The maximum Gasteiger partial charge on any atom is 0.228 e. The molecule has 1 heterocycles. The summed E-state index contributed by atoms with van der Waals surface area (Å²) in [7, 11) is 1.69. The Hall–Kier alpha value is -0.610. The molecular weight excluding hydrogens is 242 g/mol. The summed E-state index contributed by atoms with van der Waals surface area (Å²) in [5, 5.41) is 9.53. The fourth-order valence-corrected chi connectivity index (χ4v) is 3.16. The number of amides is 1. The SMILES string of the molecule is CCC1(CO)CCN(C(=O)C2(CCOC)CC2)CC1. The maximum atomic E-state index is 12.6. The summed E-state index contributed by atoms with van der Waals surface area (Å²) in [6.45, 7) is 4.67. The Morgan fingerprint density at radius 2 is 1.89 bits per heavy atom. The summed E-state index contributed by atoms with van der Waals surface area (Å²) in [6, 6.07) is 0. The van der Waals surface area contributed by atoms with Crippen molar-refractivity contribution in [2.45, 2.75) is 45.4 Å². The molecule has 0 unspecified atom stereocenters. The van der Waals surface area contributed by atoms with Gasteiger partial charge < -0.3 is 14.7 Å². The Kier molecular flexibility index (Phi) is 4.51. The number of nitrogens with zero attached hydrogens (tertiary/aromatic N) is 1. The van der Waals surface area contributed by atoms with Gasteiger partial charge in [-0.1, -0.05) is 6.92 Å². The van der Waals surface area contributed by atoms with Crippen molar-refractivity contribution >= 4 is 5.91 Å². The van der Waals surface area contributed by atoms with Gasteiger partial charge in [0.05, 0.1) is 5.41 Å². The lowest BCUT2D eigenvalue weighted by Crippen LogP contribution is -2.47. The van der Waals surface area contributed by atoms with E-state index in [1.807, 2.05) is 4.90 Å². The van der Waals surface area contributed by atoms with Crippen LogP contribution in [0.2, 0.25) is 0 Å². The number of carbonyl (C=O) groups excluding carboxylic acids is 1. The molecule has 0 radical (unpaired) electrons. The zero-order chi connectivity index (χ0) is 13.9. The van der Waals surface area contributed by atoms with Gasteiger partial charge in [-0.15, -0.1) is 0 Å². The molecule has 1 aliphatic heterocycles. The minimum atomic E-state index is -0.110. The fraction of sp³-hybridized carbons (Fsp3) is 0.933. The minimum absolute atomic E-state index is 0.0556. The molecule has 0 bridgehead atoms. The topological polar surface area (TPSA) is 49.8 Å². The van der Waals surface area contributed by atoms with E-state index in [0.29, 0.717) is 12.5 Å². The maximum absolute atomic E-state index is 12.6. The van der Waals surface area contributed by atoms with Gasteiger partial charge in [0.15, 0.2) is 0 Å². The molecule has 0 aromatic heterocycles. The average Bonchev–Trinajstić information content (AvgIpc) is 3.25. The first-order valence-electron chi connectivity index (χ1n) is 7.51. The van der Waals surface area contributed by atoms with Crippen LogP contribution in [0.5, 0.6) is 0 Å². The molecule has 19 heavy (non-hydrogen) atoms. The first-order valence-corrected chi connectivity index (χ1v) is 7.51. The Labute approximate surface area is 116 Å². The van der Waals surface area contributed by atoms with Gasteiger partial charge in [0, 0.05) is 33.4 Å². The van der Waals surface area contributed by atoms with Crippen molar-refractivity contribution in [2.75, 3.05) is 33.4 Å². The summed E-state index contributed by atoms with van der Waals surface area (Å²) in [6.07, 6.45) is 5.77. The van der Waals surface area contributed by atoms with E-state index in [-0.39, 0.29) is 17.4 Å². The summed E-state index contributed by atoms with van der Waals surface area (Å²) >= 11 is 0. The van der Waals surface area contributed by atoms with Gasteiger partial charge in [-0.3, -0.25) is 4.79 Å². The number of aliphatic hydroxyl groups excluding tert-OH is 1. The van der Waals surface area contributed by atoms with Crippen LogP contribution >= 0.6 is 0 Å². The predicted molar refractivity (Wildman–Crippen MR) is 73.8 cm³/mol. The highest BCUT2D eigenvalue weighted by atomic mass is 16.5. The van der Waals surface area contributed by atoms with Gasteiger partial charge in [0.25, 0.3) is 0 Å². The number of aliphatic hydroxyl groups is 1. The smallest absolute Gasteiger partial charge is 0.228 e. The van der Waals surface area contributed by atoms with E-state index in [1.165, 1.54) is 0 Å². The molecule has 1 N–H and O–H groups in total. The highest BCUT2D eigenvalue weighted by Gasteiger charge is 2.51. The number of piperidine rings is 1. The van der Waals surface area contributed by atoms with Crippen molar-refractivity contribution in [3.05, 3.63) is 0 Å². The van der Waals surface area contributed by atoms with Gasteiger partial charge in [-0.05, 0) is 43.9 Å². The van der Waals surface area contributed by atoms with Crippen molar-refractivity contribution in [3.8, 4) is 0 Å². The van der Waals surface area contributed by atoms with E-state index in [4.69, 9.17) is 4.74 Å². The van der Waals surface area contributed by atoms with Crippen LogP contribution in [0.25, 0.3) is 0 Å². The van der Waals surface area contributed by atoms with E-state index in [0.717, 1.165) is 51.6 Å². The van der Waals surface area contributed by atoms with E-state index in [9.17, 15) is 9.90 Å². The standard InChI is InChI=1S/C15H27NO3/c1-3-14(12-17)6-9-16(10-7-14)13(18)15(4-5-15)8-11-19-2/h17H,3-12H2,1-2H3. The van der Waals surface area contributed by atoms with Gasteiger partial charge in [-0.2, -0.15) is 0 Å². The first kappa shape index (κ1) is 14.8. The molecule has 1 amide bonds. The molecule has 4 nitrogen and oxygen atoms in total. The van der Waals surface area contributed by atoms with E-state index < -0.39 is 0 Å². The fourth-order valence-electron chi connectivity index (χ4n) is 3.16. The second kappa shape index (κ2) is 5.80. The monoisotopic (exact) mass is 269 g/mol. The molecule has 2 rings (SSSR count). The third-order valence-electron chi connectivity index (χ3n) is 5.29. The normalized spacial score (nSPS) is 24.3. The quantitative estimate of drug-likeness (QED) is 0.800. The largest absolute Gasteiger partial charge is 0.396 e. The lowest BCUT2D eigenvalue weighted by Gasteiger charge is -2.41. The van der Waals surface area contributed by atoms with Crippen LogP contribution in [0.3, 0.4) is 0 Å². The second-order valence-corrected chi connectivity index (χ2v) is 6.33. The van der Waals surface area contributed by atoms with Crippen molar-refractivity contribution in [1.82, 2.24) is 4.90 Å². The van der Waals surface area contributed by atoms with Crippen molar-refractivity contribution in [1.29, 1.82) is 0 Å². The molecule has 1 saturated heterocycles. The van der Waals surface area contributed by atoms with Crippen LogP contribution in [0.15, 0.2) is 0 Å². The summed E-state index contributed by atoms with van der Waals surface area (Å²) in [4.78, 5) is 14.6. The molecule has 1 aliphatic carbocycles. The average molecular weight is 269 g/mol. The molecule has 1 saturated carbocycles. The lowest BCUT2D eigenvalue weighted by molar-refractivity contribution is -0.140. The molecule has 0 aromatic carbocycles. The molecule has 0 aromatic rings. The number of likely N-dealkylation sites (tertiary alicyclic amines) is 1. The highest BCUT2D eigenvalue weighted by Crippen LogP contribution is 2.51. The van der Waals surface area contributed by atoms with Crippen LogP contribution in [0.4, 0.5) is 0 Å². The van der Waals surface area contributed by atoms with Gasteiger partial charge in [0.2, 0.25) is 5.91 Å². The molecule has 110 valence electrons. The molecule has 2 aliphatic rings. The summed E-state index contributed by atoms with van der Waals surface area (Å²) in [5.74, 6) is 0.326. The third kappa shape index (κ3) is 2.95. The van der Waals surface area contributed by atoms with Crippen molar-refractivity contribution in [3.63, 3.8) is 0 Å². The minimum Gasteiger partial charge on any atom is -0.396 e. The van der Waals surface area contributed by atoms with Crippen molar-refractivity contribution in [2.24, 2.45) is 10.8 Å². The number of methoxy groups -OCH3 is 1. The van der Waals surface area contributed by atoms with Crippen LogP contribution in [-0.2, 0) is 9.53 Å². The summed E-state index contributed by atoms with van der Waals surface area (Å²) < 4.78 is 5.12. The van der Waals surface area contributed by atoms with Crippen LogP contribution in [0.1, 0.15) is 45.4 Å². The van der Waals surface area contributed by atoms with Gasteiger partial charge >= 0.3 is 0 Å². The molecule has 0 atom stereocenters. The predicted octanol–water partition coefficient (Wildman–Crippen LogP) is 1.81. The van der Waals surface area contributed by atoms with Crippen LogP contribution in [0, 0.1) is 10.8 Å². The number of carbonyl (C=O) groups is 1. The zero-order valence-electron chi connectivity index (χ0n) is 12.3. The highest BCUT2D eigenvalue weighted by molar-refractivity contribution is 5.85. The van der Waals surface area contributed by atoms with Crippen LogP contribution in [-0.4, -0.2) is 49.3 Å². The van der Waals surface area contributed by atoms with Crippen LogP contribution < -0.4 is 0 Å². The number of rotatable bonds is 6. The Morgan fingerprint density at radius 1 is 1.26 bits per heavy atom. The Bertz CT molecular complexity index is 311. The third-order valence-corrected chi connectivity index (χ3v) is 5.29. The first-order chi connectivity index (χ1) is 9.11. The molecule has 2 fully saturated rings. The Balaban J connectivity index is 1.89. The number of ether oxygens (including phenoxy) is 1. The molecular formula is C15H27NO3. The second-order valence-electron chi connectivity index (χ2n) is 6.33. The Morgan fingerprint density at radius 3 is 2.32 bits per heavy atom. The van der Waals surface area contributed by atoms with E-state index >= 15 is 0 Å². The van der Waals surface area contributed by atoms with Gasteiger partial charge in [0.1, 0.15) is 0 Å².